The number of urea groups is 1. The number of anilines is 2. The molecule has 3 unspecified atom stereocenters. The minimum Gasteiger partial charge on any atom is -0.495 e. The van der Waals surface area contributed by atoms with E-state index >= 15 is 0 Å². The number of hydrogen-bond acceptors (Lipinski definition) is 17. The summed E-state index contributed by atoms with van der Waals surface area (Å²) in [4.78, 5) is 121. The maximum Gasteiger partial charge on any atom is 0.332 e. The highest BCUT2D eigenvalue weighted by atomic mass is 16.6. The lowest BCUT2D eigenvalue weighted by molar-refractivity contribution is -0.141. The van der Waals surface area contributed by atoms with Crippen LogP contribution in [0.5, 0.6) is 5.75 Å². The number of benzene rings is 3. The molecule has 26 heteroatoms. The molecule has 6 heterocycles. The summed E-state index contributed by atoms with van der Waals surface area (Å²) in [6.45, 7) is 6.09. The second-order valence-corrected chi connectivity index (χ2v) is 23.6. The minimum absolute atomic E-state index is 0.0363. The van der Waals surface area contributed by atoms with Gasteiger partial charge in [0.05, 0.1) is 62.1 Å². The number of likely N-dealkylation sites (tertiary alicyclic amines) is 1. The number of ether oxygens (including phenoxy) is 3. The van der Waals surface area contributed by atoms with Gasteiger partial charge in [0.25, 0.3) is 5.56 Å². The maximum atomic E-state index is 13.8. The van der Waals surface area contributed by atoms with Crippen LogP contribution in [0.4, 0.5) is 16.4 Å². The van der Waals surface area contributed by atoms with Gasteiger partial charge >= 0.3 is 12.0 Å². The Kier molecular flexibility index (Phi) is 19.6. The first-order chi connectivity index (χ1) is 43.2. The number of amides is 7. The summed E-state index contributed by atoms with van der Waals surface area (Å²) in [6.07, 6.45) is 7.59. The number of aliphatic carboxylic acids is 1. The largest absolute Gasteiger partial charge is 0.495 e. The van der Waals surface area contributed by atoms with Crippen LogP contribution in [0.2, 0.25) is 0 Å². The van der Waals surface area contributed by atoms with Crippen molar-refractivity contribution in [2.24, 2.45) is 18.5 Å². The van der Waals surface area contributed by atoms with Gasteiger partial charge in [-0.25, -0.2) is 19.7 Å². The molecule has 0 spiro atoms. The maximum absolute atomic E-state index is 13.8. The lowest BCUT2D eigenvalue weighted by Crippen LogP contribution is -2.57. The third kappa shape index (κ3) is 14.6. The highest BCUT2D eigenvalue weighted by molar-refractivity contribution is 6.07. The van der Waals surface area contributed by atoms with Gasteiger partial charge in [-0.05, 0) is 93.0 Å². The Labute approximate surface area is 519 Å². The molecule has 26 nitrogen and oxygen atoms in total. The van der Waals surface area contributed by atoms with Crippen LogP contribution in [0.25, 0.3) is 32.9 Å². The van der Waals surface area contributed by atoms with Crippen molar-refractivity contribution in [2.45, 2.75) is 107 Å². The molecule has 3 aromatic heterocycles. The molecule has 3 aromatic carbocycles. The lowest BCUT2D eigenvalue weighted by atomic mass is 9.87. The zero-order valence-corrected chi connectivity index (χ0v) is 50.8. The van der Waals surface area contributed by atoms with Gasteiger partial charge < -0.3 is 71.4 Å². The molecule has 10 rings (SSSR count). The summed E-state index contributed by atoms with van der Waals surface area (Å²) in [5.74, 6) is 2.72. The van der Waals surface area contributed by atoms with Crippen LogP contribution < -0.4 is 52.8 Å². The number of carboxylic acid groups (broad SMARTS) is 1. The second-order valence-electron chi connectivity index (χ2n) is 23.6. The molecule has 3 saturated heterocycles. The molecule has 10 N–H and O–H groups in total. The van der Waals surface area contributed by atoms with Crippen LogP contribution in [0.3, 0.4) is 0 Å². The number of carboxylic acids is 1. The van der Waals surface area contributed by atoms with Crippen molar-refractivity contribution in [3.05, 3.63) is 112 Å². The van der Waals surface area contributed by atoms with Gasteiger partial charge in [-0.15, -0.1) is 0 Å². The number of pyridine rings is 1. The SMILES string of the molecule is COc1ccc(C#CCNC2(C)CCN(C3CCN(c4nc(C(COCNC(=O)C(N)CC(N)=O)(OC5CC5)c5ccccc5)c5cc(-c6cn(C)c(=O)c7[nH]ccc67)ccc5n4)CC3)CC2)cc1N1CCC(=O)N(CNC(=O)C(CC(=O)O)NC(C)=O)C1=O. The van der Waals surface area contributed by atoms with E-state index in [9.17, 15) is 43.5 Å². The first-order valence-corrected chi connectivity index (χ1v) is 30.1. The monoisotopic (exact) mass is 1230 g/mol. The van der Waals surface area contributed by atoms with Gasteiger partial charge in [0.15, 0.2) is 5.60 Å². The fourth-order valence-corrected chi connectivity index (χ4v) is 12.0. The van der Waals surface area contributed by atoms with Crippen molar-refractivity contribution >= 4 is 75.0 Å². The Balaban J connectivity index is 0.819. The summed E-state index contributed by atoms with van der Waals surface area (Å²) in [6, 6.07) is 19.9. The number of imide groups is 1. The number of nitrogens with one attached hydrogen (secondary N) is 5. The zero-order chi connectivity index (χ0) is 63.9. The van der Waals surface area contributed by atoms with Crippen LogP contribution in [0.15, 0.2) is 90.0 Å². The molecule has 474 valence electrons. The zero-order valence-electron chi connectivity index (χ0n) is 50.8. The number of aromatic nitrogens is 4. The van der Waals surface area contributed by atoms with Gasteiger partial charge in [-0.3, -0.25) is 38.5 Å². The molecular formula is C64H76N14O12. The fraction of sp³-hybridized carbons (Fsp3) is 0.438. The number of carbonyl (C=O) groups is 7. The van der Waals surface area contributed by atoms with Crippen molar-refractivity contribution in [1.29, 1.82) is 0 Å². The van der Waals surface area contributed by atoms with E-state index in [1.807, 2.05) is 60.8 Å². The van der Waals surface area contributed by atoms with Gasteiger partial charge in [0.2, 0.25) is 35.5 Å². The molecule has 0 bridgehead atoms. The number of primary amides is 1. The van der Waals surface area contributed by atoms with Crippen molar-refractivity contribution in [1.82, 2.24) is 50.6 Å². The third-order valence-corrected chi connectivity index (χ3v) is 17.1. The van der Waals surface area contributed by atoms with E-state index in [1.54, 1.807) is 36.0 Å². The molecule has 3 aliphatic heterocycles. The molecule has 4 aliphatic rings. The molecular weight excluding hydrogens is 1160 g/mol. The summed E-state index contributed by atoms with van der Waals surface area (Å²) in [5.41, 5.74) is 14.8. The Bertz CT molecular complexity index is 3810. The van der Waals surface area contributed by atoms with Crippen LogP contribution in [0.1, 0.15) is 88.5 Å². The molecule has 4 fully saturated rings. The van der Waals surface area contributed by atoms with Gasteiger partial charge in [0, 0.05) is 99.0 Å². The quantitative estimate of drug-likeness (QED) is 0.0245. The smallest absolute Gasteiger partial charge is 0.332 e. The highest BCUT2D eigenvalue weighted by Gasteiger charge is 2.45. The predicted octanol–water partition coefficient (Wildman–Crippen LogP) is 2.88. The Morgan fingerprint density at radius 2 is 1.66 bits per heavy atom. The van der Waals surface area contributed by atoms with E-state index in [2.05, 4.69) is 54.8 Å². The standard InChI is InChI=1S/C64H76N14O12/c1-39(79)71-50(34-55(82)83)59(85)68-37-78-54(81)21-28-77(62(78)87)51-31-40(12-17-52(51)88-4)9-8-24-70-63(2)22-29-75(30-23-63)43-19-26-76(27-20-43)61-72-49-16-13-41(47-35-74(3)60(86)56-45(47)18-25-67-56)32-46(49)57(73-61)64(90-44-14-15-44,42-10-6-5-7-11-42)36-89-38-69-58(84)48(65)33-53(66)80/h5-7,10-13,16-18,25,31-32,35,43-44,48,50,67,70H,14-15,19-24,26-30,33-34,36-38,65H2,1-4H3,(H2,66,80)(H,68,85)(H,69,84)(H,71,79)(H,82,83). The van der Waals surface area contributed by atoms with E-state index in [0.717, 1.165) is 85.5 Å². The van der Waals surface area contributed by atoms with Gasteiger partial charge in [0.1, 0.15) is 30.7 Å². The Morgan fingerprint density at radius 1 is 0.900 bits per heavy atom. The van der Waals surface area contributed by atoms with Crippen LogP contribution in [0, 0.1) is 11.8 Å². The molecule has 3 atom stereocenters. The number of nitrogens with zero attached hydrogens (tertiary/aromatic N) is 7. The lowest BCUT2D eigenvalue weighted by Gasteiger charge is -2.45. The summed E-state index contributed by atoms with van der Waals surface area (Å²) < 4.78 is 20.8. The number of piperidine rings is 2. The van der Waals surface area contributed by atoms with E-state index in [1.165, 1.54) is 12.0 Å². The molecule has 1 aliphatic carbocycles. The average molecular weight is 1230 g/mol. The molecule has 0 radical (unpaired) electrons. The minimum atomic E-state index is -1.41. The van der Waals surface area contributed by atoms with Crippen LogP contribution >= 0.6 is 0 Å². The number of H-pyrrole nitrogens is 1. The predicted molar refractivity (Wildman–Crippen MR) is 334 cm³/mol. The Morgan fingerprint density at radius 3 is 2.36 bits per heavy atom. The number of rotatable bonds is 24. The first kappa shape index (κ1) is 63.7. The van der Waals surface area contributed by atoms with E-state index in [0.29, 0.717) is 70.7 Å². The van der Waals surface area contributed by atoms with Crippen LogP contribution in [-0.2, 0) is 50.9 Å². The molecule has 6 aromatic rings. The molecule has 1 saturated carbocycles. The number of aryl methyl sites for hydroxylation is 1. The van der Waals surface area contributed by atoms with Gasteiger partial charge in [-0.1, -0.05) is 48.2 Å². The van der Waals surface area contributed by atoms with Gasteiger partial charge in [-0.2, -0.15) is 0 Å². The number of aromatic amines is 1. The van der Waals surface area contributed by atoms with E-state index in [4.69, 9.17) is 35.6 Å². The third-order valence-electron chi connectivity index (χ3n) is 17.1. The van der Waals surface area contributed by atoms with Crippen molar-refractivity contribution in [3.8, 4) is 28.7 Å². The first-order valence-electron chi connectivity index (χ1n) is 30.1. The summed E-state index contributed by atoms with van der Waals surface area (Å²) >= 11 is 0. The molecule has 90 heavy (non-hydrogen) atoms. The highest BCUT2D eigenvalue weighted by Crippen LogP contribution is 2.44. The molecule has 7 amide bonds. The van der Waals surface area contributed by atoms with E-state index < -0.39 is 72.3 Å². The normalized spacial score (nSPS) is 17.7. The number of fused-ring (bicyclic) bond motifs is 2. The number of carbonyl (C=O) groups excluding carboxylic acids is 6. The fourth-order valence-electron chi connectivity index (χ4n) is 12.0. The second kappa shape index (κ2) is 27.6. The topological polar surface area (TPSA) is 344 Å². The number of nitrogens with two attached hydrogens (primary N) is 2. The number of hydrogen-bond donors (Lipinski definition) is 8. The van der Waals surface area contributed by atoms with Crippen molar-refractivity contribution in [3.63, 3.8) is 0 Å². The summed E-state index contributed by atoms with van der Waals surface area (Å²) in [5, 5.41) is 21.8. The number of methoxy groups -OCH3 is 1. The Hall–Kier alpha value is -9.26. The van der Waals surface area contributed by atoms with Crippen molar-refractivity contribution in [2.75, 3.05) is 76.2 Å². The van der Waals surface area contributed by atoms with E-state index in [-0.39, 0.29) is 49.9 Å². The van der Waals surface area contributed by atoms with Crippen molar-refractivity contribution < 1.29 is 52.9 Å². The van der Waals surface area contributed by atoms with Crippen LogP contribution in [-0.4, -0.2) is 172 Å². The average Bonchev–Trinajstić information content (AvgIpc) is 1.09. The summed E-state index contributed by atoms with van der Waals surface area (Å²) in [7, 11) is 3.19.